The number of hydrogen-bond acceptors (Lipinski definition) is 3. The van der Waals surface area contributed by atoms with Crippen LogP contribution in [0.4, 0.5) is 0 Å². The van der Waals surface area contributed by atoms with Gasteiger partial charge in [0.05, 0.1) is 0 Å². The summed E-state index contributed by atoms with van der Waals surface area (Å²) in [5.74, 6) is 0. The molecule has 0 aromatic heterocycles. The Morgan fingerprint density at radius 2 is 2.00 bits per heavy atom. The molecule has 3 heteroatoms. The summed E-state index contributed by atoms with van der Waals surface area (Å²) < 4.78 is 4.58. The van der Waals surface area contributed by atoms with Crippen molar-refractivity contribution >= 4 is 6.47 Å². The number of hydrogen-bond donors (Lipinski definition) is 0. The SMILES string of the molecule is CN(CCOC=O)C(C)(C)C. The van der Waals surface area contributed by atoms with Gasteiger partial charge in [-0.3, -0.25) is 9.69 Å². The first-order valence-corrected chi connectivity index (χ1v) is 3.75. The molecule has 0 spiro atoms. The van der Waals surface area contributed by atoms with Crippen LogP contribution in [-0.2, 0) is 9.53 Å². The van der Waals surface area contributed by atoms with Crippen LogP contribution in [0.25, 0.3) is 0 Å². The van der Waals surface area contributed by atoms with Gasteiger partial charge in [-0.25, -0.2) is 0 Å². The Morgan fingerprint density at radius 3 is 2.36 bits per heavy atom. The van der Waals surface area contributed by atoms with Crippen molar-refractivity contribution in [2.24, 2.45) is 0 Å². The van der Waals surface area contributed by atoms with E-state index in [4.69, 9.17) is 0 Å². The average molecular weight is 159 g/mol. The van der Waals surface area contributed by atoms with Crippen molar-refractivity contribution in [2.45, 2.75) is 26.3 Å². The molecule has 0 aromatic carbocycles. The molecule has 0 rings (SSSR count). The molecule has 0 fully saturated rings. The van der Waals surface area contributed by atoms with E-state index in [9.17, 15) is 4.79 Å². The second kappa shape index (κ2) is 4.34. The summed E-state index contributed by atoms with van der Waals surface area (Å²) >= 11 is 0. The van der Waals surface area contributed by atoms with E-state index in [1.807, 2.05) is 7.05 Å². The lowest BCUT2D eigenvalue weighted by Gasteiger charge is -2.31. The third-order valence-electron chi connectivity index (χ3n) is 1.76. The summed E-state index contributed by atoms with van der Waals surface area (Å²) in [6, 6.07) is 0. The molecule has 0 atom stereocenters. The van der Waals surface area contributed by atoms with Crippen molar-refractivity contribution in [3.05, 3.63) is 0 Å². The summed E-state index contributed by atoms with van der Waals surface area (Å²) in [7, 11) is 2.01. The van der Waals surface area contributed by atoms with Crippen LogP contribution in [0, 0.1) is 0 Å². The van der Waals surface area contributed by atoms with E-state index in [1.54, 1.807) is 0 Å². The topological polar surface area (TPSA) is 29.5 Å². The van der Waals surface area contributed by atoms with Crippen LogP contribution in [0.2, 0.25) is 0 Å². The fraction of sp³-hybridized carbons (Fsp3) is 0.875. The van der Waals surface area contributed by atoms with Crippen LogP contribution in [-0.4, -0.2) is 37.1 Å². The Bertz CT molecular complexity index is 118. The van der Waals surface area contributed by atoms with Gasteiger partial charge in [0.2, 0.25) is 0 Å². The highest BCUT2D eigenvalue weighted by molar-refractivity contribution is 5.36. The van der Waals surface area contributed by atoms with Crippen molar-refractivity contribution < 1.29 is 9.53 Å². The molecule has 0 saturated heterocycles. The van der Waals surface area contributed by atoms with Gasteiger partial charge in [0.15, 0.2) is 0 Å². The van der Waals surface area contributed by atoms with E-state index in [-0.39, 0.29) is 5.54 Å². The van der Waals surface area contributed by atoms with Gasteiger partial charge < -0.3 is 4.74 Å². The predicted molar refractivity (Wildman–Crippen MR) is 44.4 cm³/mol. The number of carbonyl (C=O) groups excluding carboxylic acids is 1. The molecule has 0 N–H and O–H groups in total. The molecule has 0 heterocycles. The van der Waals surface area contributed by atoms with Crippen molar-refractivity contribution in [1.29, 1.82) is 0 Å². The summed E-state index contributed by atoms with van der Waals surface area (Å²) in [6.07, 6.45) is 0. The van der Waals surface area contributed by atoms with E-state index < -0.39 is 0 Å². The molecule has 66 valence electrons. The number of nitrogens with zero attached hydrogens (tertiary/aromatic N) is 1. The van der Waals surface area contributed by atoms with E-state index in [1.165, 1.54) is 0 Å². The number of rotatable bonds is 4. The highest BCUT2D eigenvalue weighted by atomic mass is 16.5. The highest BCUT2D eigenvalue weighted by Crippen LogP contribution is 2.08. The fourth-order valence-corrected chi connectivity index (χ4v) is 0.573. The van der Waals surface area contributed by atoms with Crippen LogP contribution < -0.4 is 0 Å². The number of ether oxygens (including phenoxy) is 1. The zero-order chi connectivity index (χ0) is 8.91. The van der Waals surface area contributed by atoms with E-state index >= 15 is 0 Å². The largest absolute Gasteiger partial charge is 0.467 e. The minimum atomic E-state index is 0.145. The minimum absolute atomic E-state index is 0.145. The standard InChI is InChI=1S/C8H17NO2/c1-8(2,3)9(4)5-6-11-7-10/h7H,5-6H2,1-4H3. The van der Waals surface area contributed by atoms with Gasteiger partial charge in [0, 0.05) is 12.1 Å². The lowest BCUT2D eigenvalue weighted by atomic mass is 10.1. The Kier molecular flexibility index (Phi) is 4.11. The molecule has 3 nitrogen and oxygen atoms in total. The predicted octanol–water partition coefficient (Wildman–Crippen LogP) is 0.890. The Labute approximate surface area is 68.3 Å². The van der Waals surface area contributed by atoms with E-state index in [0.29, 0.717) is 13.1 Å². The van der Waals surface area contributed by atoms with Crippen molar-refractivity contribution in [1.82, 2.24) is 4.90 Å². The monoisotopic (exact) mass is 159 g/mol. The second-order valence-corrected chi connectivity index (χ2v) is 3.56. The van der Waals surface area contributed by atoms with E-state index in [0.717, 1.165) is 6.54 Å². The van der Waals surface area contributed by atoms with Gasteiger partial charge in [-0.2, -0.15) is 0 Å². The first-order chi connectivity index (χ1) is 4.98. The second-order valence-electron chi connectivity index (χ2n) is 3.56. The quantitative estimate of drug-likeness (QED) is 0.450. The van der Waals surface area contributed by atoms with Gasteiger partial charge in [-0.1, -0.05) is 0 Å². The Morgan fingerprint density at radius 1 is 1.45 bits per heavy atom. The first-order valence-electron chi connectivity index (χ1n) is 3.75. The molecule has 0 bridgehead atoms. The molecule has 11 heavy (non-hydrogen) atoms. The first kappa shape index (κ1) is 10.4. The molecule has 0 aliphatic heterocycles. The van der Waals surface area contributed by atoms with Crippen LogP contribution in [0.15, 0.2) is 0 Å². The minimum Gasteiger partial charge on any atom is -0.467 e. The van der Waals surface area contributed by atoms with Crippen molar-refractivity contribution in [3.8, 4) is 0 Å². The average Bonchev–Trinajstić information content (AvgIpc) is 1.86. The third kappa shape index (κ3) is 4.79. The molecule has 0 amide bonds. The summed E-state index contributed by atoms with van der Waals surface area (Å²) in [5, 5.41) is 0. The van der Waals surface area contributed by atoms with Crippen molar-refractivity contribution in [3.63, 3.8) is 0 Å². The maximum absolute atomic E-state index is 9.80. The lowest BCUT2D eigenvalue weighted by Crippen LogP contribution is -2.40. The van der Waals surface area contributed by atoms with Gasteiger partial charge in [-0.15, -0.1) is 0 Å². The molecule has 0 saturated carbocycles. The van der Waals surface area contributed by atoms with Crippen LogP contribution >= 0.6 is 0 Å². The number of likely N-dealkylation sites (N-methyl/N-ethyl adjacent to an activating group) is 1. The van der Waals surface area contributed by atoms with Crippen LogP contribution in [0.3, 0.4) is 0 Å². The van der Waals surface area contributed by atoms with Crippen LogP contribution in [0.5, 0.6) is 0 Å². The zero-order valence-corrected chi connectivity index (χ0v) is 7.76. The smallest absolute Gasteiger partial charge is 0.293 e. The van der Waals surface area contributed by atoms with Crippen molar-refractivity contribution in [2.75, 3.05) is 20.2 Å². The maximum Gasteiger partial charge on any atom is 0.293 e. The maximum atomic E-state index is 9.80. The molecule has 0 unspecified atom stereocenters. The molecular weight excluding hydrogens is 142 g/mol. The summed E-state index contributed by atoms with van der Waals surface area (Å²) in [6.45, 7) is 8.09. The summed E-state index contributed by atoms with van der Waals surface area (Å²) in [4.78, 5) is 11.9. The van der Waals surface area contributed by atoms with Gasteiger partial charge >= 0.3 is 0 Å². The zero-order valence-electron chi connectivity index (χ0n) is 7.76. The highest BCUT2D eigenvalue weighted by Gasteiger charge is 2.15. The third-order valence-corrected chi connectivity index (χ3v) is 1.76. The molecule has 0 aliphatic carbocycles. The van der Waals surface area contributed by atoms with Gasteiger partial charge in [-0.05, 0) is 27.8 Å². The Hall–Kier alpha value is -0.570. The summed E-state index contributed by atoms with van der Waals surface area (Å²) in [5.41, 5.74) is 0.145. The van der Waals surface area contributed by atoms with Crippen LogP contribution in [0.1, 0.15) is 20.8 Å². The lowest BCUT2D eigenvalue weighted by molar-refractivity contribution is -0.129. The van der Waals surface area contributed by atoms with Gasteiger partial charge in [0.25, 0.3) is 6.47 Å². The molecule has 0 radical (unpaired) electrons. The fourth-order valence-electron chi connectivity index (χ4n) is 0.573. The van der Waals surface area contributed by atoms with Gasteiger partial charge in [0.1, 0.15) is 6.61 Å². The molecule has 0 aromatic rings. The van der Waals surface area contributed by atoms with E-state index in [2.05, 4.69) is 30.4 Å². The normalized spacial score (nSPS) is 11.7. The number of carbonyl (C=O) groups is 1. The Balaban J connectivity index is 3.52. The molecular formula is C8H17NO2. The molecule has 0 aliphatic rings.